The van der Waals surface area contributed by atoms with Crippen molar-refractivity contribution < 1.29 is 32.6 Å². The number of nitrogens with one attached hydrogen (secondary N) is 1. The number of methoxy groups -OCH3 is 1. The maximum absolute atomic E-state index is 13.8. The minimum atomic E-state index is -3.73. The fraction of sp³-hybridized carbons (Fsp3) is 0.333. The van der Waals surface area contributed by atoms with Gasteiger partial charge in [-0.3, -0.25) is 4.31 Å². The number of hydrogen-bond donors (Lipinski definition) is 2. The van der Waals surface area contributed by atoms with E-state index in [9.17, 15) is 18.0 Å². The molecular weight excluding hydrogens is 528 g/mol. The van der Waals surface area contributed by atoms with Gasteiger partial charge < -0.3 is 19.9 Å². The summed E-state index contributed by atoms with van der Waals surface area (Å²) < 4.78 is 39.5. The Morgan fingerprint density at radius 3 is 2.47 bits per heavy atom. The Labute approximate surface area is 226 Å². The molecule has 0 unspecified atom stereocenters. The van der Waals surface area contributed by atoms with Gasteiger partial charge in [0.25, 0.3) is 0 Å². The zero-order valence-electron chi connectivity index (χ0n) is 21.2. The Morgan fingerprint density at radius 1 is 1.11 bits per heavy atom. The second-order valence-electron chi connectivity index (χ2n) is 8.96. The van der Waals surface area contributed by atoms with Gasteiger partial charge in [-0.15, -0.1) is 11.3 Å². The minimum Gasteiger partial charge on any atom is -0.480 e. The van der Waals surface area contributed by atoms with Crippen LogP contribution in [-0.4, -0.2) is 58.3 Å². The van der Waals surface area contributed by atoms with Gasteiger partial charge in [-0.05, 0) is 56.1 Å². The van der Waals surface area contributed by atoms with Gasteiger partial charge in [0.05, 0.1) is 18.6 Å². The van der Waals surface area contributed by atoms with Crippen molar-refractivity contribution in [1.29, 1.82) is 0 Å². The van der Waals surface area contributed by atoms with E-state index >= 15 is 0 Å². The molecule has 0 spiro atoms. The summed E-state index contributed by atoms with van der Waals surface area (Å²) in [7, 11) is -2.49. The monoisotopic (exact) mass is 558 g/mol. The van der Waals surface area contributed by atoms with Crippen LogP contribution in [0.25, 0.3) is 10.4 Å². The highest BCUT2D eigenvalue weighted by Crippen LogP contribution is 2.43. The van der Waals surface area contributed by atoms with Crippen molar-refractivity contribution in [3.63, 3.8) is 0 Å². The lowest BCUT2D eigenvalue weighted by Gasteiger charge is -2.35. The largest absolute Gasteiger partial charge is 0.480 e. The SMILES string of the molecule is COC(=O)c1sc(-c2cccc(N(C3CCNCC3)S(=O)(=O)Cc3ccccc3)c2)c(C)c1OCC(=O)O. The van der Waals surface area contributed by atoms with Crippen molar-refractivity contribution in [1.82, 2.24) is 5.32 Å². The maximum Gasteiger partial charge on any atom is 0.351 e. The molecule has 4 rings (SSSR count). The van der Waals surface area contributed by atoms with E-state index in [1.54, 1.807) is 37.3 Å². The molecule has 0 saturated carbocycles. The molecule has 1 saturated heterocycles. The van der Waals surface area contributed by atoms with Crippen molar-refractivity contribution >= 4 is 39.0 Å². The first-order chi connectivity index (χ1) is 18.2. The number of carboxylic acid groups (broad SMARTS) is 1. The van der Waals surface area contributed by atoms with Gasteiger partial charge in [-0.25, -0.2) is 18.0 Å². The maximum atomic E-state index is 13.8. The summed E-state index contributed by atoms with van der Waals surface area (Å²) >= 11 is 1.12. The lowest BCUT2D eigenvalue weighted by atomic mass is 10.0. The van der Waals surface area contributed by atoms with Crippen molar-refractivity contribution in [2.24, 2.45) is 0 Å². The van der Waals surface area contributed by atoms with Crippen LogP contribution >= 0.6 is 11.3 Å². The summed E-state index contributed by atoms with van der Waals surface area (Å²) in [6.45, 7) is 2.57. The summed E-state index contributed by atoms with van der Waals surface area (Å²) in [4.78, 5) is 24.3. The molecule has 9 nitrogen and oxygen atoms in total. The van der Waals surface area contributed by atoms with Crippen molar-refractivity contribution in [2.75, 3.05) is 31.1 Å². The Kier molecular flexibility index (Phi) is 8.70. The predicted molar refractivity (Wildman–Crippen MR) is 146 cm³/mol. The molecular formula is C27H30N2O7S2. The second-order valence-corrected chi connectivity index (χ2v) is 11.8. The molecule has 0 radical (unpaired) electrons. The van der Waals surface area contributed by atoms with Gasteiger partial charge in [-0.1, -0.05) is 42.5 Å². The number of thiophene rings is 1. The van der Waals surface area contributed by atoms with Crippen LogP contribution in [0.3, 0.4) is 0 Å². The third-order valence-corrected chi connectivity index (χ3v) is 9.41. The molecule has 0 amide bonds. The molecule has 2 N–H and O–H groups in total. The van der Waals surface area contributed by atoms with E-state index in [4.69, 9.17) is 14.6 Å². The number of carboxylic acids is 1. The van der Waals surface area contributed by atoms with Crippen LogP contribution in [0.15, 0.2) is 54.6 Å². The normalized spacial score (nSPS) is 14.2. The van der Waals surface area contributed by atoms with E-state index in [0.717, 1.165) is 24.4 Å². The number of nitrogens with zero attached hydrogens (tertiary/aromatic N) is 1. The summed E-state index contributed by atoms with van der Waals surface area (Å²) in [5, 5.41) is 12.4. The highest BCUT2D eigenvalue weighted by Gasteiger charge is 2.32. The van der Waals surface area contributed by atoms with Crippen LogP contribution < -0.4 is 14.4 Å². The van der Waals surface area contributed by atoms with Crippen LogP contribution in [-0.2, 0) is 25.3 Å². The zero-order valence-corrected chi connectivity index (χ0v) is 22.8. The smallest absolute Gasteiger partial charge is 0.351 e. The first-order valence-corrected chi connectivity index (χ1v) is 14.6. The molecule has 1 aliphatic heterocycles. The molecule has 202 valence electrons. The first-order valence-electron chi connectivity index (χ1n) is 12.1. The number of benzene rings is 2. The Bertz CT molecular complexity index is 1400. The molecule has 1 aliphatic rings. The number of hydrogen-bond acceptors (Lipinski definition) is 8. The topological polar surface area (TPSA) is 122 Å². The average Bonchev–Trinajstić information content (AvgIpc) is 3.24. The van der Waals surface area contributed by atoms with Gasteiger partial charge >= 0.3 is 11.9 Å². The van der Waals surface area contributed by atoms with E-state index in [-0.39, 0.29) is 22.4 Å². The molecule has 0 aliphatic carbocycles. The van der Waals surface area contributed by atoms with Gasteiger partial charge in [0.15, 0.2) is 11.5 Å². The summed E-state index contributed by atoms with van der Waals surface area (Å²) in [5.41, 5.74) is 2.51. The molecule has 1 aromatic heterocycles. The predicted octanol–water partition coefficient (Wildman–Crippen LogP) is 4.06. The van der Waals surface area contributed by atoms with Crippen molar-refractivity contribution in [3.8, 4) is 16.2 Å². The number of carbonyl (C=O) groups is 2. The molecule has 38 heavy (non-hydrogen) atoms. The zero-order chi connectivity index (χ0) is 27.3. The van der Waals surface area contributed by atoms with Gasteiger partial charge in [0, 0.05) is 16.5 Å². The lowest BCUT2D eigenvalue weighted by molar-refractivity contribution is -0.139. The van der Waals surface area contributed by atoms with Crippen LogP contribution in [0.5, 0.6) is 5.75 Å². The third-order valence-electron chi connectivity index (χ3n) is 6.30. The van der Waals surface area contributed by atoms with E-state index in [2.05, 4.69) is 5.32 Å². The summed E-state index contributed by atoms with van der Waals surface area (Å²) in [5.74, 6) is -1.78. The third kappa shape index (κ3) is 6.17. The minimum absolute atomic E-state index is 0.125. The van der Waals surface area contributed by atoms with Crippen LogP contribution in [0, 0.1) is 6.92 Å². The first kappa shape index (κ1) is 27.6. The quantitative estimate of drug-likeness (QED) is 0.357. The number of sulfonamides is 1. The van der Waals surface area contributed by atoms with E-state index < -0.39 is 28.6 Å². The number of ether oxygens (including phenoxy) is 2. The lowest BCUT2D eigenvalue weighted by Crippen LogP contribution is -2.46. The fourth-order valence-electron chi connectivity index (χ4n) is 4.59. The van der Waals surface area contributed by atoms with Crippen molar-refractivity contribution in [2.45, 2.75) is 31.6 Å². The molecule has 0 bridgehead atoms. The summed E-state index contributed by atoms with van der Waals surface area (Å²) in [6.07, 6.45) is 1.35. The van der Waals surface area contributed by atoms with E-state index in [1.807, 2.05) is 24.3 Å². The number of rotatable bonds is 10. The Morgan fingerprint density at radius 2 is 1.82 bits per heavy atom. The second kappa shape index (κ2) is 12.0. The van der Waals surface area contributed by atoms with Gasteiger partial charge in [0.1, 0.15) is 5.75 Å². The highest BCUT2D eigenvalue weighted by molar-refractivity contribution is 7.92. The van der Waals surface area contributed by atoms with Crippen molar-refractivity contribution in [3.05, 3.63) is 70.6 Å². The number of esters is 1. The molecule has 11 heteroatoms. The number of carbonyl (C=O) groups excluding carboxylic acids is 1. The molecule has 1 fully saturated rings. The highest BCUT2D eigenvalue weighted by atomic mass is 32.2. The van der Waals surface area contributed by atoms with Crippen LogP contribution in [0.4, 0.5) is 5.69 Å². The van der Waals surface area contributed by atoms with Gasteiger partial charge in [0.2, 0.25) is 10.0 Å². The Hall–Kier alpha value is -3.41. The average molecular weight is 559 g/mol. The molecule has 2 heterocycles. The van der Waals surface area contributed by atoms with Crippen LogP contribution in [0.2, 0.25) is 0 Å². The van der Waals surface area contributed by atoms with Crippen LogP contribution in [0.1, 0.15) is 33.6 Å². The number of aliphatic carboxylic acids is 1. The molecule has 2 aromatic carbocycles. The number of anilines is 1. The number of piperidine rings is 1. The molecule has 3 aromatic rings. The summed E-state index contributed by atoms with van der Waals surface area (Å²) in [6, 6.07) is 16.1. The Balaban J connectivity index is 1.77. The van der Waals surface area contributed by atoms with E-state index in [0.29, 0.717) is 40.1 Å². The van der Waals surface area contributed by atoms with E-state index in [1.165, 1.54) is 11.4 Å². The van der Waals surface area contributed by atoms with Gasteiger partial charge in [-0.2, -0.15) is 0 Å². The molecule has 0 atom stereocenters. The fourth-order valence-corrected chi connectivity index (χ4v) is 7.61. The standard InChI is InChI=1S/C27H30N2O7S2/c1-18-24(36-16-23(30)31)26(27(32)35-2)37-25(18)20-9-6-10-22(15-20)29(21-11-13-28-14-12-21)38(33,34)17-19-7-4-3-5-8-19/h3-10,15,21,28H,11-14,16-17H2,1-2H3,(H,30,31).